The van der Waals surface area contributed by atoms with Crippen molar-refractivity contribution in [2.75, 3.05) is 24.6 Å². The van der Waals surface area contributed by atoms with E-state index in [1.54, 1.807) is 12.1 Å². The number of morpholine rings is 1. The second-order valence-corrected chi connectivity index (χ2v) is 4.32. The molecular formula is C13H16FNO2. The summed E-state index contributed by atoms with van der Waals surface area (Å²) in [6.45, 7) is 5.34. The molecule has 1 atom stereocenters. The van der Waals surface area contributed by atoms with E-state index < -0.39 is 5.82 Å². The summed E-state index contributed by atoms with van der Waals surface area (Å²) in [5, 5.41) is 0. The molecule has 0 saturated carbocycles. The monoisotopic (exact) mass is 237 g/mol. The SMILES string of the molecule is CC(=O)c1c(F)cccc1N1CCOC(C)C1. The van der Waals surface area contributed by atoms with E-state index in [2.05, 4.69) is 0 Å². The first kappa shape index (κ1) is 12.0. The van der Waals surface area contributed by atoms with Crippen molar-refractivity contribution in [3.63, 3.8) is 0 Å². The zero-order valence-electron chi connectivity index (χ0n) is 10.1. The van der Waals surface area contributed by atoms with Crippen LogP contribution in [0.4, 0.5) is 10.1 Å². The first-order valence-electron chi connectivity index (χ1n) is 5.75. The molecule has 1 aliphatic heterocycles. The Balaban J connectivity index is 2.37. The molecule has 1 fully saturated rings. The number of rotatable bonds is 2. The van der Waals surface area contributed by atoms with Crippen molar-refractivity contribution in [3.8, 4) is 0 Å². The third kappa shape index (κ3) is 2.47. The number of carbonyl (C=O) groups is 1. The number of Topliss-reactive ketones (excluding diaryl/α,β-unsaturated/α-hetero) is 1. The van der Waals surface area contributed by atoms with Crippen molar-refractivity contribution in [3.05, 3.63) is 29.6 Å². The standard InChI is InChI=1S/C13H16FNO2/c1-9-8-15(6-7-17-9)12-5-3-4-11(14)13(12)10(2)16/h3-5,9H,6-8H2,1-2H3. The van der Waals surface area contributed by atoms with Crippen LogP contribution in [0.5, 0.6) is 0 Å². The highest BCUT2D eigenvalue weighted by Crippen LogP contribution is 2.25. The molecule has 1 heterocycles. The van der Waals surface area contributed by atoms with Gasteiger partial charge in [0.2, 0.25) is 0 Å². The number of halogens is 1. The number of hydrogen-bond acceptors (Lipinski definition) is 3. The number of hydrogen-bond donors (Lipinski definition) is 0. The van der Waals surface area contributed by atoms with E-state index in [1.807, 2.05) is 11.8 Å². The van der Waals surface area contributed by atoms with Gasteiger partial charge in [-0.15, -0.1) is 0 Å². The van der Waals surface area contributed by atoms with Crippen molar-refractivity contribution in [2.24, 2.45) is 0 Å². The molecular weight excluding hydrogens is 221 g/mol. The molecule has 0 amide bonds. The summed E-state index contributed by atoms with van der Waals surface area (Å²) < 4.78 is 19.1. The van der Waals surface area contributed by atoms with Crippen LogP contribution in [0, 0.1) is 5.82 Å². The van der Waals surface area contributed by atoms with E-state index in [0.29, 0.717) is 25.4 Å². The van der Waals surface area contributed by atoms with E-state index in [1.165, 1.54) is 13.0 Å². The van der Waals surface area contributed by atoms with Gasteiger partial charge in [-0.25, -0.2) is 4.39 Å². The van der Waals surface area contributed by atoms with Crippen LogP contribution < -0.4 is 4.90 Å². The van der Waals surface area contributed by atoms with Gasteiger partial charge in [0.15, 0.2) is 5.78 Å². The third-order valence-electron chi connectivity index (χ3n) is 2.93. The quantitative estimate of drug-likeness (QED) is 0.739. The van der Waals surface area contributed by atoms with E-state index in [-0.39, 0.29) is 17.5 Å². The molecule has 0 spiro atoms. The number of benzene rings is 1. The second-order valence-electron chi connectivity index (χ2n) is 4.32. The van der Waals surface area contributed by atoms with Gasteiger partial charge < -0.3 is 9.64 Å². The highest BCUT2D eigenvalue weighted by molar-refractivity contribution is 6.00. The Kier molecular flexibility index (Phi) is 3.43. The van der Waals surface area contributed by atoms with Gasteiger partial charge in [0.25, 0.3) is 0 Å². The van der Waals surface area contributed by atoms with Crippen LogP contribution in [-0.4, -0.2) is 31.6 Å². The summed E-state index contributed by atoms with van der Waals surface area (Å²) in [6, 6.07) is 4.75. The number of carbonyl (C=O) groups excluding carboxylic acids is 1. The van der Waals surface area contributed by atoms with Crippen LogP contribution in [0.2, 0.25) is 0 Å². The smallest absolute Gasteiger partial charge is 0.164 e. The lowest BCUT2D eigenvalue weighted by Crippen LogP contribution is -2.41. The zero-order chi connectivity index (χ0) is 12.4. The second kappa shape index (κ2) is 4.84. The fourth-order valence-corrected chi connectivity index (χ4v) is 2.16. The molecule has 0 N–H and O–H groups in total. The summed E-state index contributed by atoms with van der Waals surface area (Å²) in [4.78, 5) is 13.5. The van der Waals surface area contributed by atoms with Gasteiger partial charge >= 0.3 is 0 Å². The van der Waals surface area contributed by atoms with Gasteiger partial charge in [0.1, 0.15) is 5.82 Å². The Morgan fingerprint density at radius 2 is 2.29 bits per heavy atom. The zero-order valence-corrected chi connectivity index (χ0v) is 10.1. The summed E-state index contributed by atoms with van der Waals surface area (Å²) in [5.41, 5.74) is 0.856. The van der Waals surface area contributed by atoms with Gasteiger partial charge in [-0.3, -0.25) is 4.79 Å². The minimum atomic E-state index is -0.450. The normalized spacial score (nSPS) is 20.4. The molecule has 3 nitrogen and oxygen atoms in total. The number of ketones is 1. The highest BCUT2D eigenvalue weighted by atomic mass is 19.1. The summed E-state index contributed by atoms with van der Waals surface area (Å²) >= 11 is 0. The van der Waals surface area contributed by atoms with Gasteiger partial charge in [0.05, 0.1) is 24.0 Å². The van der Waals surface area contributed by atoms with E-state index in [4.69, 9.17) is 4.74 Å². The molecule has 1 aromatic carbocycles. The van der Waals surface area contributed by atoms with Crippen molar-refractivity contribution in [2.45, 2.75) is 20.0 Å². The van der Waals surface area contributed by atoms with Crippen molar-refractivity contribution >= 4 is 11.5 Å². The lowest BCUT2D eigenvalue weighted by Gasteiger charge is -2.33. The summed E-state index contributed by atoms with van der Waals surface area (Å²) in [7, 11) is 0. The molecule has 0 bridgehead atoms. The summed E-state index contributed by atoms with van der Waals surface area (Å²) in [6.07, 6.45) is 0.104. The Bertz CT molecular complexity index is 433. The number of ether oxygens (including phenoxy) is 1. The topological polar surface area (TPSA) is 29.5 Å². The van der Waals surface area contributed by atoms with E-state index in [0.717, 1.165) is 0 Å². The Morgan fingerprint density at radius 1 is 1.53 bits per heavy atom. The first-order valence-corrected chi connectivity index (χ1v) is 5.75. The third-order valence-corrected chi connectivity index (χ3v) is 2.93. The van der Waals surface area contributed by atoms with Crippen LogP contribution in [0.25, 0.3) is 0 Å². The Morgan fingerprint density at radius 3 is 2.94 bits per heavy atom. The average Bonchev–Trinajstić information content (AvgIpc) is 2.28. The number of nitrogens with zero attached hydrogens (tertiary/aromatic N) is 1. The van der Waals surface area contributed by atoms with Crippen molar-refractivity contribution < 1.29 is 13.9 Å². The van der Waals surface area contributed by atoms with Gasteiger partial charge in [0, 0.05) is 13.1 Å². The maximum absolute atomic E-state index is 13.7. The molecule has 2 rings (SSSR count). The van der Waals surface area contributed by atoms with Crippen molar-refractivity contribution in [1.82, 2.24) is 0 Å². The molecule has 0 aromatic heterocycles. The first-order chi connectivity index (χ1) is 8.09. The molecule has 0 aliphatic carbocycles. The number of anilines is 1. The van der Waals surface area contributed by atoms with Crippen LogP contribution in [0.3, 0.4) is 0 Å². The van der Waals surface area contributed by atoms with E-state index in [9.17, 15) is 9.18 Å². The van der Waals surface area contributed by atoms with Crippen LogP contribution in [0.1, 0.15) is 24.2 Å². The largest absolute Gasteiger partial charge is 0.375 e. The Hall–Kier alpha value is -1.42. The predicted octanol–water partition coefficient (Wildman–Crippen LogP) is 2.25. The fraction of sp³-hybridized carbons (Fsp3) is 0.462. The lowest BCUT2D eigenvalue weighted by atomic mass is 10.1. The molecule has 92 valence electrons. The molecule has 1 unspecified atom stereocenters. The molecule has 17 heavy (non-hydrogen) atoms. The lowest BCUT2D eigenvalue weighted by molar-refractivity contribution is 0.0531. The average molecular weight is 237 g/mol. The van der Waals surface area contributed by atoms with E-state index >= 15 is 0 Å². The fourth-order valence-electron chi connectivity index (χ4n) is 2.16. The Labute approximate surface area is 100 Å². The van der Waals surface area contributed by atoms with Crippen LogP contribution in [0.15, 0.2) is 18.2 Å². The maximum Gasteiger partial charge on any atom is 0.164 e. The highest BCUT2D eigenvalue weighted by Gasteiger charge is 2.22. The van der Waals surface area contributed by atoms with Gasteiger partial charge in [-0.1, -0.05) is 6.07 Å². The van der Waals surface area contributed by atoms with Crippen molar-refractivity contribution in [1.29, 1.82) is 0 Å². The minimum absolute atomic E-state index is 0.104. The molecule has 1 aliphatic rings. The predicted molar refractivity (Wildman–Crippen MR) is 64.0 cm³/mol. The van der Waals surface area contributed by atoms with Gasteiger partial charge in [-0.05, 0) is 26.0 Å². The molecule has 1 aromatic rings. The summed E-state index contributed by atoms with van der Waals surface area (Å²) in [5.74, 6) is -0.689. The molecule has 4 heteroatoms. The minimum Gasteiger partial charge on any atom is -0.375 e. The van der Waals surface area contributed by atoms with Gasteiger partial charge in [-0.2, -0.15) is 0 Å². The molecule has 1 saturated heterocycles. The van der Waals surface area contributed by atoms with Crippen LogP contribution >= 0.6 is 0 Å². The maximum atomic E-state index is 13.7. The molecule has 0 radical (unpaired) electrons. The van der Waals surface area contributed by atoms with Crippen LogP contribution in [-0.2, 0) is 4.74 Å².